The van der Waals surface area contributed by atoms with Crippen molar-refractivity contribution in [3.63, 3.8) is 0 Å². The Morgan fingerprint density at radius 3 is 2.93 bits per heavy atom. The molecule has 0 unspecified atom stereocenters. The Balaban J connectivity index is 1.65. The third kappa shape index (κ3) is 3.35. The fraction of sp³-hybridized carbons (Fsp3) is 0.364. The van der Waals surface area contributed by atoms with Crippen LogP contribution < -0.4 is 0 Å². The number of nitrogens with zero attached hydrogens (tertiary/aromatic N) is 2. The van der Waals surface area contributed by atoms with E-state index in [1.165, 1.54) is 0 Å². The zero-order valence-corrected chi connectivity index (χ0v) is 15.8. The van der Waals surface area contributed by atoms with E-state index in [0.29, 0.717) is 26.1 Å². The summed E-state index contributed by atoms with van der Waals surface area (Å²) in [6.07, 6.45) is 1.16. The first-order valence-electron chi connectivity index (χ1n) is 9.55. The number of benzene rings is 2. The van der Waals surface area contributed by atoms with E-state index in [2.05, 4.69) is 29.4 Å². The van der Waals surface area contributed by atoms with Crippen LogP contribution in [0.2, 0.25) is 0 Å². The molecule has 5 heteroatoms. The molecular weight excluding hydrogens is 340 g/mol. The summed E-state index contributed by atoms with van der Waals surface area (Å²) < 4.78 is 11.2. The fourth-order valence-corrected chi connectivity index (χ4v) is 3.66. The van der Waals surface area contributed by atoms with Crippen molar-refractivity contribution in [3.05, 3.63) is 53.8 Å². The maximum Gasteiger partial charge on any atom is 0.251 e. The molecule has 0 aliphatic carbocycles. The van der Waals surface area contributed by atoms with Gasteiger partial charge in [0, 0.05) is 30.7 Å². The number of amides is 1. The number of ether oxygens (including phenoxy) is 1. The number of carbonyl (C=O) groups excluding carboxylic acids is 1. The maximum absolute atomic E-state index is 12.7. The number of fused-ring (bicyclic) bond motifs is 2. The smallest absolute Gasteiger partial charge is 0.251 e. The molecule has 1 aromatic heterocycles. The first kappa shape index (κ1) is 17.7. The molecule has 1 amide bonds. The van der Waals surface area contributed by atoms with Crippen LogP contribution in [-0.2, 0) is 22.5 Å². The summed E-state index contributed by atoms with van der Waals surface area (Å²) in [5, 5.41) is 6.66. The van der Waals surface area contributed by atoms with Crippen LogP contribution in [0.3, 0.4) is 0 Å². The van der Waals surface area contributed by atoms with Crippen LogP contribution in [0.4, 0.5) is 0 Å². The van der Waals surface area contributed by atoms with Gasteiger partial charge < -0.3 is 14.2 Å². The lowest BCUT2D eigenvalue weighted by molar-refractivity contribution is -0.143. The minimum Gasteiger partial charge on any atom is -0.369 e. The van der Waals surface area contributed by atoms with Crippen molar-refractivity contribution in [2.45, 2.75) is 39.3 Å². The van der Waals surface area contributed by atoms with Gasteiger partial charge in [-0.25, -0.2) is 0 Å². The molecule has 0 N–H and O–H groups in total. The Kier molecular flexibility index (Phi) is 4.94. The first-order valence-corrected chi connectivity index (χ1v) is 9.55. The molecule has 2 aromatic carbocycles. The number of rotatable bonds is 5. The number of aromatic nitrogens is 1. The van der Waals surface area contributed by atoms with Crippen LogP contribution in [0.15, 0.2) is 47.0 Å². The average Bonchev–Trinajstić information content (AvgIpc) is 3.14. The van der Waals surface area contributed by atoms with Gasteiger partial charge in [-0.15, -0.1) is 0 Å². The minimum absolute atomic E-state index is 0.0270. The van der Waals surface area contributed by atoms with Gasteiger partial charge in [0.2, 0.25) is 0 Å². The Morgan fingerprint density at radius 1 is 1.26 bits per heavy atom. The molecular formula is C22H24N2O3. The van der Waals surface area contributed by atoms with Gasteiger partial charge in [0.1, 0.15) is 17.6 Å². The van der Waals surface area contributed by atoms with Crippen LogP contribution in [0.5, 0.6) is 0 Å². The molecule has 0 bridgehead atoms. The zero-order valence-electron chi connectivity index (χ0n) is 15.8. The number of hydrogen-bond acceptors (Lipinski definition) is 4. The van der Waals surface area contributed by atoms with E-state index in [4.69, 9.17) is 9.26 Å². The van der Waals surface area contributed by atoms with E-state index in [9.17, 15) is 4.79 Å². The number of carbonyl (C=O) groups is 1. The molecule has 0 spiro atoms. The van der Waals surface area contributed by atoms with Gasteiger partial charge in [0.15, 0.2) is 0 Å². The van der Waals surface area contributed by atoms with E-state index < -0.39 is 6.10 Å². The Morgan fingerprint density at radius 2 is 2.07 bits per heavy atom. The van der Waals surface area contributed by atoms with E-state index >= 15 is 0 Å². The summed E-state index contributed by atoms with van der Waals surface area (Å²) in [6, 6.07) is 14.4. The van der Waals surface area contributed by atoms with Crippen LogP contribution in [0, 0.1) is 0 Å². The highest BCUT2D eigenvalue weighted by Gasteiger charge is 2.30. The van der Waals surface area contributed by atoms with E-state index in [1.807, 2.05) is 36.9 Å². The molecule has 0 radical (unpaired) electrons. The molecule has 4 rings (SSSR count). The average molecular weight is 364 g/mol. The lowest BCUT2D eigenvalue weighted by Gasteiger charge is -2.28. The normalized spacial score (nSPS) is 15.0. The van der Waals surface area contributed by atoms with Gasteiger partial charge in [-0.05, 0) is 24.1 Å². The molecule has 1 aliphatic rings. The second-order valence-electron chi connectivity index (χ2n) is 6.98. The molecule has 2 heterocycles. The molecule has 3 aromatic rings. The molecule has 1 aliphatic heterocycles. The van der Waals surface area contributed by atoms with E-state index in [-0.39, 0.29) is 5.91 Å². The van der Waals surface area contributed by atoms with Crippen LogP contribution in [0.25, 0.3) is 22.0 Å². The van der Waals surface area contributed by atoms with Crippen LogP contribution in [0.1, 0.15) is 31.6 Å². The number of hydrogen-bond donors (Lipinski definition) is 0. The van der Waals surface area contributed by atoms with Crippen molar-refractivity contribution in [1.29, 1.82) is 0 Å². The van der Waals surface area contributed by atoms with Gasteiger partial charge in [0.25, 0.3) is 5.91 Å². The van der Waals surface area contributed by atoms with Crippen molar-refractivity contribution in [1.82, 2.24) is 10.1 Å². The fourth-order valence-electron chi connectivity index (χ4n) is 3.66. The lowest BCUT2D eigenvalue weighted by atomic mass is 9.97. The van der Waals surface area contributed by atoms with Gasteiger partial charge in [-0.3, -0.25) is 4.79 Å². The molecule has 27 heavy (non-hydrogen) atoms. The van der Waals surface area contributed by atoms with Crippen molar-refractivity contribution in [2.24, 2.45) is 0 Å². The summed E-state index contributed by atoms with van der Waals surface area (Å²) in [5.74, 6) is 0.906. The largest absolute Gasteiger partial charge is 0.369 e. The molecule has 0 saturated heterocycles. The van der Waals surface area contributed by atoms with Crippen LogP contribution in [-0.4, -0.2) is 35.2 Å². The molecule has 140 valence electrons. The predicted molar refractivity (Wildman–Crippen MR) is 104 cm³/mol. The summed E-state index contributed by atoms with van der Waals surface area (Å²) in [5.41, 5.74) is 2.89. The Hall–Kier alpha value is -2.66. The molecule has 1 atom stereocenters. The second kappa shape index (κ2) is 7.53. The highest BCUT2D eigenvalue weighted by atomic mass is 16.5. The van der Waals surface area contributed by atoms with Crippen LogP contribution >= 0.6 is 0 Å². The molecule has 0 fully saturated rings. The summed E-state index contributed by atoms with van der Waals surface area (Å²) >= 11 is 0. The molecule has 5 nitrogen and oxygen atoms in total. The third-order valence-corrected chi connectivity index (χ3v) is 5.10. The SMILES string of the molecule is CCCO[C@@H](C)C(=O)N1CCc2onc(-c3cccc4ccccc34)c2C1. The minimum atomic E-state index is -0.424. The zero-order chi connectivity index (χ0) is 18.8. The van der Waals surface area contributed by atoms with E-state index in [1.54, 1.807) is 0 Å². The Bertz CT molecular complexity index is 958. The van der Waals surface area contributed by atoms with Crippen molar-refractivity contribution in [2.75, 3.05) is 13.2 Å². The highest BCUT2D eigenvalue weighted by Crippen LogP contribution is 2.34. The van der Waals surface area contributed by atoms with E-state index in [0.717, 1.165) is 39.8 Å². The quantitative estimate of drug-likeness (QED) is 0.681. The van der Waals surface area contributed by atoms with Gasteiger partial charge in [0.05, 0.1) is 6.54 Å². The summed E-state index contributed by atoms with van der Waals surface area (Å²) in [7, 11) is 0. The van der Waals surface area contributed by atoms with Crippen molar-refractivity contribution < 1.29 is 14.1 Å². The first-order chi connectivity index (χ1) is 13.2. The lowest BCUT2D eigenvalue weighted by Crippen LogP contribution is -2.42. The highest BCUT2D eigenvalue weighted by molar-refractivity contribution is 5.96. The predicted octanol–water partition coefficient (Wildman–Crippen LogP) is 4.19. The van der Waals surface area contributed by atoms with Crippen molar-refractivity contribution in [3.8, 4) is 11.3 Å². The molecule has 0 saturated carbocycles. The summed E-state index contributed by atoms with van der Waals surface area (Å²) in [4.78, 5) is 14.6. The van der Waals surface area contributed by atoms with Gasteiger partial charge in [-0.2, -0.15) is 0 Å². The third-order valence-electron chi connectivity index (χ3n) is 5.10. The standard InChI is InChI=1S/C22H24N2O3/c1-3-13-26-15(2)22(25)24-12-11-20-19(14-24)21(23-27-20)18-10-6-8-16-7-4-5-9-17(16)18/h4-10,15H,3,11-14H2,1-2H3/t15-/m0/s1. The second-order valence-corrected chi connectivity index (χ2v) is 6.98. The maximum atomic E-state index is 12.7. The Labute approximate surface area is 158 Å². The topological polar surface area (TPSA) is 55.6 Å². The van der Waals surface area contributed by atoms with Crippen molar-refractivity contribution >= 4 is 16.7 Å². The van der Waals surface area contributed by atoms with Gasteiger partial charge in [-0.1, -0.05) is 54.5 Å². The summed E-state index contributed by atoms with van der Waals surface area (Å²) in [6.45, 7) is 5.61. The van der Waals surface area contributed by atoms with Gasteiger partial charge >= 0.3 is 0 Å². The monoisotopic (exact) mass is 364 g/mol.